The molecule has 5 unspecified atom stereocenters. The first kappa shape index (κ1) is 35.8. The summed E-state index contributed by atoms with van der Waals surface area (Å²) in [7, 11) is 3.25. The maximum absolute atomic E-state index is 13.9. The molecule has 0 saturated carbocycles. The molecule has 13 nitrogen and oxygen atoms in total. The Kier molecular flexibility index (Phi) is 11.9. The minimum absolute atomic E-state index is 0.0165. The number of carbonyl (C=O) groups excluding carboxylic acids is 5. The molecule has 3 amide bonds. The molecule has 2 saturated heterocycles. The van der Waals surface area contributed by atoms with Gasteiger partial charge in [0.15, 0.2) is 0 Å². The van der Waals surface area contributed by atoms with Gasteiger partial charge < -0.3 is 39.2 Å². The Bertz CT molecular complexity index is 1400. The van der Waals surface area contributed by atoms with Crippen LogP contribution in [0.25, 0.3) is 6.08 Å². The van der Waals surface area contributed by atoms with Gasteiger partial charge in [0.1, 0.15) is 36.7 Å². The zero-order valence-corrected chi connectivity index (χ0v) is 27.6. The molecule has 0 aromatic heterocycles. The summed E-state index contributed by atoms with van der Waals surface area (Å²) in [6.45, 7) is 5.22. The second kappa shape index (κ2) is 15.7. The fraction of sp³-hybridized carbons (Fsp3) is 0.559. The number of amides is 3. The maximum Gasteiger partial charge on any atom is 0.339 e. The second-order valence-electron chi connectivity index (χ2n) is 13.0. The largest absolute Gasteiger partial charge is 0.460 e. The molecule has 4 rings (SSSR count). The minimum atomic E-state index is -0.846. The topological polar surface area (TPSA) is 161 Å². The van der Waals surface area contributed by atoms with Crippen molar-refractivity contribution in [2.75, 3.05) is 34.0 Å². The minimum Gasteiger partial charge on any atom is -0.460 e. The van der Waals surface area contributed by atoms with Crippen LogP contribution in [0.15, 0.2) is 42.0 Å². The highest BCUT2D eigenvalue weighted by Gasteiger charge is 2.45. The van der Waals surface area contributed by atoms with Crippen molar-refractivity contribution in [3.63, 3.8) is 0 Å². The van der Waals surface area contributed by atoms with Gasteiger partial charge >= 0.3 is 11.9 Å². The van der Waals surface area contributed by atoms with E-state index >= 15 is 0 Å². The van der Waals surface area contributed by atoms with E-state index in [1.807, 2.05) is 0 Å². The number of nitrogens with zero attached hydrogens (tertiary/aromatic N) is 2. The van der Waals surface area contributed by atoms with Gasteiger partial charge in [0.05, 0.1) is 18.2 Å². The van der Waals surface area contributed by atoms with Crippen LogP contribution >= 0.6 is 0 Å². The number of ether oxygens (including phenoxy) is 4. The van der Waals surface area contributed by atoms with Gasteiger partial charge in [0.2, 0.25) is 17.7 Å². The summed E-state index contributed by atoms with van der Waals surface area (Å²) in [6, 6.07) is 5.26. The van der Waals surface area contributed by atoms with Crippen molar-refractivity contribution in [3.05, 3.63) is 53.1 Å². The quantitative estimate of drug-likeness (QED) is 0.267. The van der Waals surface area contributed by atoms with Gasteiger partial charge in [-0.1, -0.05) is 18.2 Å². The Hall–Kier alpha value is -4.07. The van der Waals surface area contributed by atoms with E-state index in [1.54, 1.807) is 71.3 Å². The van der Waals surface area contributed by atoms with Crippen LogP contribution in [0, 0.1) is 0 Å². The number of aliphatic hydroxyl groups is 1. The van der Waals surface area contributed by atoms with E-state index in [4.69, 9.17) is 18.9 Å². The third-order valence-electron chi connectivity index (χ3n) is 8.06. The van der Waals surface area contributed by atoms with Crippen molar-refractivity contribution >= 4 is 35.7 Å². The van der Waals surface area contributed by atoms with Crippen molar-refractivity contribution in [2.24, 2.45) is 0 Å². The maximum atomic E-state index is 13.9. The highest BCUT2D eigenvalue weighted by atomic mass is 16.7. The van der Waals surface area contributed by atoms with Gasteiger partial charge in [-0.05, 0) is 63.8 Å². The van der Waals surface area contributed by atoms with Crippen molar-refractivity contribution < 1.29 is 48.0 Å². The first-order valence-electron chi connectivity index (χ1n) is 15.8. The molecular weight excluding hydrogens is 610 g/mol. The van der Waals surface area contributed by atoms with Crippen LogP contribution < -0.4 is 5.32 Å². The molecule has 13 heteroatoms. The number of fused-ring (bicyclic) bond motifs is 1. The number of hydrogen-bond donors (Lipinski definition) is 2. The van der Waals surface area contributed by atoms with Crippen LogP contribution in [-0.4, -0.2) is 115 Å². The Balaban J connectivity index is 1.42. The third-order valence-corrected chi connectivity index (χ3v) is 8.06. The average Bonchev–Trinajstić information content (AvgIpc) is 3.71. The predicted octanol–water partition coefficient (Wildman–Crippen LogP) is 1.98. The molecule has 2 heterocycles. The number of hydrogen-bond acceptors (Lipinski definition) is 10. The Morgan fingerprint density at radius 1 is 1.15 bits per heavy atom. The lowest BCUT2D eigenvalue weighted by Gasteiger charge is -2.33. The standard InChI is InChI=1S/C34H45N3O10/c1-34(2,3)47-29(40)15-13-23(19-38)35-31(41)25-11-8-16-37(25)32(42)22-17-26-30(45-20-44-26)27(18-22)46-33(43)24-10-7-6-9-21(24)12-14-28(39)36(4)5/h6-7,9-10,12,14,17,23,25-27,30,38H,8,11,13,15-16,18-20H2,1-5H3,(H,35,41). The van der Waals surface area contributed by atoms with E-state index in [0.717, 1.165) is 0 Å². The number of nitrogens with one attached hydrogen (secondary N) is 1. The Morgan fingerprint density at radius 2 is 1.89 bits per heavy atom. The molecule has 0 spiro atoms. The average molecular weight is 656 g/mol. The molecule has 1 aromatic carbocycles. The molecule has 2 fully saturated rings. The van der Waals surface area contributed by atoms with Gasteiger partial charge in [-0.25, -0.2) is 4.79 Å². The lowest BCUT2D eigenvalue weighted by molar-refractivity contribution is -0.155. The van der Waals surface area contributed by atoms with E-state index in [0.29, 0.717) is 30.5 Å². The third kappa shape index (κ3) is 9.49. The molecule has 1 aromatic rings. The number of carbonyl (C=O) groups is 5. The van der Waals surface area contributed by atoms with Gasteiger partial charge in [-0.15, -0.1) is 0 Å². The van der Waals surface area contributed by atoms with Crippen LogP contribution in [0.4, 0.5) is 0 Å². The molecule has 2 N–H and O–H groups in total. The highest BCUT2D eigenvalue weighted by Crippen LogP contribution is 2.33. The molecule has 0 radical (unpaired) electrons. The number of likely N-dealkylation sites (tertiary alicyclic amines) is 1. The Morgan fingerprint density at radius 3 is 2.60 bits per heavy atom. The summed E-state index contributed by atoms with van der Waals surface area (Å²) in [5.74, 6) is -2.12. The van der Waals surface area contributed by atoms with E-state index in [9.17, 15) is 29.1 Å². The molecule has 2 aliphatic heterocycles. The highest BCUT2D eigenvalue weighted by molar-refractivity contribution is 5.99. The summed E-state index contributed by atoms with van der Waals surface area (Å²) >= 11 is 0. The lowest BCUT2D eigenvalue weighted by atomic mass is 9.91. The fourth-order valence-electron chi connectivity index (χ4n) is 5.71. The number of aliphatic hydroxyl groups excluding tert-OH is 1. The van der Waals surface area contributed by atoms with Gasteiger partial charge in [0, 0.05) is 45.1 Å². The Labute approximate surface area is 274 Å². The normalized spacial score (nSPS) is 23.1. The van der Waals surface area contributed by atoms with Crippen molar-refractivity contribution in [1.82, 2.24) is 15.1 Å². The second-order valence-corrected chi connectivity index (χ2v) is 13.0. The molecule has 5 atom stereocenters. The summed E-state index contributed by atoms with van der Waals surface area (Å²) < 4.78 is 22.6. The van der Waals surface area contributed by atoms with Crippen molar-refractivity contribution in [2.45, 2.75) is 88.9 Å². The molecule has 256 valence electrons. The van der Waals surface area contributed by atoms with Gasteiger partial charge in [-0.3, -0.25) is 19.2 Å². The van der Waals surface area contributed by atoms with E-state index in [2.05, 4.69) is 5.32 Å². The lowest BCUT2D eigenvalue weighted by Crippen LogP contribution is -2.51. The molecule has 47 heavy (non-hydrogen) atoms. The SMILES string of the molecule is CN(C)C(=O)C=Cc1ccccc1C(=O)OC1CC(C(=O)N2CCCC2C(=O)NC(CO)CCC(=O)OC(C)(C)C)=CC2OCOC21. The van der Waals surface area contributed by atoms with Gasteiger partial charge in [0.25, 0.3) is 0 Å². The first-order valence-corrected chi connectivity index (χ1v) is 15.8. The monoisotopic (exact) mass is 655 g/mol. The zero-order chi connectivity index (χ0) is 34.3. The van der Waals surface area contributed by atoms with Crippen LogP contribution in [0.2, 0.25) is 0 Å². The van der Waals surface area contributed by atoms with Crippen LogP contribution in [0.3, 0.4) is 0 Å². The summed E-state index contributed by atoms with van der Waals surface area (Å²) in [4.78, 5) is 67.7. The first-order chi connectivity index (χ1) is 22.3. The zero-order valence-electron chi connectivity index (χ0n) is 27.6. The summed E-state index contributed by atoms with van der Waals surface area (Å²) in [5.41, 5.74) is 0.432. The molecule has 3 aliphatic rings. The molecule has 0 bridgehead atoms. The van der Waals surface area contributed by atoms with E-state index < -0.39 is 53.8 Å². The predicted molar refractivity (Wildman–Crippen MR) is 170 cm³/mol. The molecular formula is C34H45N3O10. The van der Waals surface area contributed by atoms with Crippen LogP contribution in [-0.2, 0) is 38.1 Å². The fourth-order valence-corrected chi connectivity index (χ4v) is 5.71. The summed E-state index contributed by atoms with van der Waals surface area (Å²) in [6.07, 6.45) is 3.75. The van der Waals surface area contributed by atoms with Crippen LogP contribution in [0.1, 0.15) is 68.8 Å². The number of likely N-dealkylation sites (N-methyl/N-ethyl adjacent to an activating group) is 1. The van der Waals surface area contributed by atoms with E-state index in [-0.39, 0.29) is 50.0 Å². The van der Waals surface area contributed by atoms with Gasteiger partial charge in [-0.2, -0.15) is 0 Å². The van der Waals surface area contributed by atoms with Crippen molar-refractivity contribution in [3.8, 4) is 0 Å². The number of esters is 2. The number of benzene rings is 1. The summed E-state index contributed by atoms with van der Waals surface area (Å²) in [5, 5.41) is 12.6. The van der Waals surface area contributed by atoms with Crippen LogP contribution in [0.5, 0.6) is 0 Å². The molecule has 1 aliphatic carbocycles. The van der Waals surface area contributed by atoms with Crippen molar-refractivity contribution in [1.29, 1.82) is 0 Å². The smallest absolute Gasteiger partial charge is 0.339 e. The van der Waals surface area contributed by atoms with E-state index in [1.165, 1.54) is 15.9 Å². The number of rotatable bonds is 11.